The van der Waals surface area contributed by atoms with Crippen LogP contribution in [0.1, 0.15) is 38.9 Å². The fourth-order valence-electron chi connectivity index (χ4n) is 4.86. The number of para-hydroxylation sites is 1. The highest BCUT2D eigenvalue weighted by Crippen LogP contribution is 2.28. The molecule has 1 fully saturated rings. The van der Waals surface area contributed by atoms with Crippen molar-refractivity contribution < 1.29 is 18.7 Å². The molecule has 0 saturated carbocycles. The first-order chi connectivity index (χ1) is 18.6. The van der Waals surface area contributed by atoms with E-state index < -0.39 is 0 Å². The molecular formula is C31H31N3O4. The Morgan fingerprint density at radius 2 is 1.79 bits per heavy atom. The van der Waals surface area contributed by atoms with Crippen molar-refractivity contribution >= 4 is 16.9 Å². The molecule has 0 unspecified atom stereocenters. The Morgan fingerprint density at radius 3 is 2.50 bits per heavy atom. The third kappa shape index (κ3) is 5.57. The van der Waals surface area contributed by atoms with Crippen molar-refractivity contribution in [2.45, 2.75) is 19.6 Å². The van der Waals surface area contributed by atoms with Crippen LogP contribution in [-0.2, 0) is 11.3 Å². The lowest BCUT2D eigenvalue weighted by molar-refractivity contribution is 0.00302. The number of fused-ring (bicyclic) bond motifs is 1. The van der Waals surface area contributed by atoms with E-state index in [0.29, 0.717) is 37.6 Å². The summed E-state index contributed by atoms with van der Waals surface area (Å²) in [5.74, 6) is 1.16. The number of hydrogen-bond donors (Lipinski definition) is 0. The summed E-state index contributed by atoms with van der Waals surface area (Å²) in [6.07, 6.45) is -0.180. The lowest BCUT2D eigenvalue weighted by atomic mass is 10.1. The number of amides is 1. The molecule has 3 aromatic carbocycles. The van der Waals surface area contributed by atoms with Gasteiger partial charge in [0.1, 0.15) is 11.3 Å². The van der Waals surface area contributed by atoms with Gasteiger partial charge in [-0.2, -0.15) is 5.26 Å². The van der Waals surface area contributed by atoms with Gasteiger partial charge in [-0.1, -0.05) is 42.5 Å². The average Bonchev–Trinajstić information content (AvgIpc) is 3.31. The summed E-state index contributed by atoms with van der Waals surface area (Å²) in [6, 6.07) is 25.3. The van der Waals surface area contributed by atoms with Crippen molar-refractivity contribution in [1.29, 1.82) is 5.26 Å². The fraction of sp³-hybridized carbons (Fsp3) is 0.290. The number of furan rings is 1. The van der Waals surface area contributed by atoms with Crippen LogP contribution < -0.4 is 4.74 Å². The minimum absolute atomic E-state index is 0.0558. The molecular weight excluding hydrogens is 478 g/mol. The molecule has 0 radical (unpaired) electrons. The number of carbonyl (C=O) groups is 1. The second-order valence-electron chi connectivity index (χ2n) is 9.53. The van der Waals surface area contributed by atoms with Gasteiger partial charge in [0, 0.05) is 43.7 Å². The van der Waals surface area contributed by atoms with E-state index in [1.807, 2.05) is 66.4 Å². The van der Waals surface area contributed by atoms with Crippen LogP contribution in [0.25, 0.3) is 11.0 Å². The van der Waals surface area contributed by atoms with Gasteiger partial charge in [-0.15, -0.1) is 0 Å². The average molecular weight is 510 g/mol. The smallest absolute Gasteiger partial charge is 0.289 e. The zero-order valence-electron chi connectivity index (χ0n) is 21.7. The summed E-state index contributed by atoms with van der Waals surface area (Å²) in [5.41, 5.74) is 4.31. The van der Waals surface area contributed by atoms with Crippen LogP contribution in [0.2, 0.25) is 0 Å². The highest BCUT2D eigenvalue weighted by Gasteiger charge is 2.28. The molecule has 1 aliphatic heterocycles. The molecule has 0 aliphatic carbocycles. The third-order valence-corrected chi connectivity index (χ3v) is 7.12. The number of methoxy groups -OCH3 is 1. The van der Waals surface area contributed by atoms with E-state index in [2.05, 4.69) is 17.0 Å². The van der Waals surface area contributed by atoms with E-state index in [0.717, 1.165) is 46.5 Å². The number of benzene rings is 3. The van der Waals surface area contributed by atoms with Crippen molar-refractivity contribution in [3.8, 4) is 11.8 Å². The lowest BCUT2D eigenvalue weighted by Crippen LogP contribution is -2.49. The summed E-state index contributed by atoms with van der Waals surface area (Å²) in [6.45, 7) is 5.79. The molecule has 194 valence electrons. The van der Waals surface area contributed by atoms with E-state index in [1.165, 1.54) is 0 Å². The summed E-state index contributed by atoms with van der Waals surface area (Å²) in [5, 5.41) is 10.0. The maximum Gasteiger partial charge on any atom is 0.289 e. The summed E-state index contributed by atoms with van der Waals surface area (Å²) in [4.78, 5) is 17.5. The summed E-state index contributed by atoms with van der Waals surface area (Å²) >= 11 is 0. The van der Waals surface area contributed by atoms with Crippen molar-refractivity contribution in [1.82, 2.24) is 9.80 Å². The van der Waals surface area contributed by atoms with Gasteiger partial charge < -0.3 is 18.8 Å². The molecule has 1 aromatic heterocycles. The number of aryl methyl sites for hydroxylation is 1. The Morgan fingerprint density at radius 1 is 1.03 bits per heavy atom. The van der Waals surface area contributed by atoms with Crippen LogP contribution in [0.15, 0.2) is 77.2 Å². The molecule has 0 N–H and O–H groups in total. The van der Waals surface area contributed by atoms with Crippen molar-refractivity contribution in [3.63, 3.8) is 0 Å². The summed E-state index contributed by atoms with van der Waals surface area (Å²) in [7, 11) is 1.66. The van der Waals surface area contributed by atoms with Crippen molar-refractivity contribution in [3.05, 3.63) is 101 Å². The molecule has 4 aromatic rings. The first-order valence-electron chi connectivity index (χ1n) is 12.8. The number of nitrogens with zero attached hydrogens (tertiary/aromatic N) is 3. The highest BCUT2D eigenvalue weighted by molar-refractivity contribution is 5.99. The van der Waals surface area contributed by atoms with Crippen molar-refractivity contribution in [2.24, 2.45) is 0 Å². The van der Waals surface area contributed by atoms with Crippen LogP contribution >= 0.6 is 0 Å². The van der Waals surface area contributed by atoms with Crippen LogP contribution in [0.5, 0.6) is 5.75 Å². The maximum atomic E-state index is 13.3. The van der Waals surface area contributed by atoms with Gasteiger partial charge in [-0.05, 0) is 48.4 Å². The van der Waals surface area contributed by atoms with Crippen molar-refractivity contribution in [2.75, 3.05) is 39.8 Å². The minimum atomic E-state index is -0.180. The number of ether oxygens (including phenoxy) is 2. The maximum absolute atomic E-state index is 13.3. The second kappa shape index (κ2) is 11.5. The van der Waals surface area contributed by atoms with Gasteiger partial charge in [-0.25, -0.2) is 0 Å². The molecule has 2 heterocycles. The molecule has 38 heavy (non-hydrogen) atoms. The van der Waals surface area contributed by atoms with Crippen LogP contribution in [0, 0.1) is 18.3 Å². The van der Waals surface area contributed by atoms with Gasteiger partial charge in [0.2, 0.25) is 0 Å². The topological polar surface area (TPSA) is 78.9 Å². The Bertz CT molecular complexity index is 1450. The fourth-order valence-corrected chi connectivity index (χ4v) is 4.86. The minimum Gasteiger partial charge on any atom is -0.497 e. The molecule has 5 rings (SSSR count). The molecule has 0 bridgehead atoms. The van der Waals surface area contributed by atoms with E-state index in [4.69, 9.17) is 19.2 Å². The molecule has 1 aliphatic rings. The lowest BCUT2D eigenvalue weighted by Gasteiger charge is -2.36. The zero-order valence-corrected chi connectivity index (χ0v) is 21.7. The number of rotatable bonds is 8. The van der Waals surface area contributed by atoms with E-state index in [9.17, 15) is 4.79 Å². The quantitative estimate of drug-likeness (QED) is 0.319. The molecule has 1 atom stereocenters. The first-order valence-corrected chi connectivity index (χ1v) is 12.8. The Hall–Kier alpha value is -4.12. The Kier molecular flexibility index (Phi) is 7.73. The molecule has 1 saturated heterocycles. The number of nitriles is 1. The van der Waals surface area contributed by atoms with E-state index in [1.54, 1.807) is 19.2 Å². The van der Waals surface area contributed by atoms with Gasteiger partial charge in [0.25, 0.3) is 5.91 Å². The second-order valence-corrected chi connectivity index (χ2v) is 9.53. The van der Waals surface area contributed by atoms with E-state index in [-0.39, 0.29) is 12.0 Å². The molecule has 7 nitrogen and oxygen atoms in total. The molecule has 1 amide bonds. The normalized spacial score (nSPS) is 14.8. The Balaban J connectivity index is 1.25. The van der Waals surface area contributed by atoms with Crippen LogP contribution in [-0.4, -0.2) is 55.5 Å². The Labute approximate surface area is 222 Å². The number of carbonyl (C=O) groups excluding carboxylic acids is 1. The molecule has 7 heteroatoms. The largest absolute Gasteiger partial charge is 0.497 e. The van der Waals surface area contributed by atoms with Crippen LogP contribution in [0.3, 0.4) is 0 Å². The van der Waals surface area contributed by atoms with Gasteiger partial charge >= 0.3 is 0 Å². The highest BCUT2D eigenvalue weighted by atomic mass is 16.5. The summed E-state index contributed by atoms with van der Waals surface area (Å²) < 4.78 is 17.8. The zero-order chi connectivity index (χ0) is 26.5. The predicted octanol–water partition coefficient (Wildman–Crippen LogP) is 5.34. The first kappa shape index (κ1) is 25.5. The van der Waals surface area contributed by atoms with Gasteiger partial charge in [0.15, 0.2) is 5.76 Å². The number of piperazine rings is 1. The van der Waals surface area contributed by atoms with Gasteiger partial charge in [0.05, 0.1) is 31.5 Å². The number of hydrogen-bond acceptors (Lipinski definition) is 6. The SMILES string of the molecule is COc1cccc([C@H](CN2CCN(C(=O)c3oc4ccccc4c3C)CC2)OCc2ccc(C#N)cc2)c1. The standard InChI is InChI=1S/C31H31N3O4/c1-22-27-8-3-4-9-28(27)38-30(22)31(35)34-16-14-33(15-17-34)20-29(25-6-5-7-26(18-25)36-2)37-21-24-12-10-23(19-32)11-13-24/h3-13,18,29H,14-17,20-21H2,1-2H3/t29-/m0/s1. The van der Waals surface area contributed by atoms with E-state index >= 15 is 0 Å². The predicted molar refractivity (Wildman–Crippen MR) is 145 cm³/mol. The third-order valence-electron chi connectivity index (χ3n) is 7.12. The van der Waals surface area contributed by atoms with Crippen LogP contribution in [0.4, 0.5) is 0 Å². The molecule has 0 spiro atoms. The van der Waals surface area contributed by atoms with Gasteiger partial charge in [-0.3, -0.25) is 9.69 Å². The monoisotopic (exact) mass is 509 g/mol.